The van der Waals surface area contributed by atoms with Crippen LogP contribution in [0.1, 0.15) is 30.9 Å². The number of thioether (sulfide) groups is 1. The third-order valence-corrected chi connectivity index (χ3v) is 4.92. The highest BCUT2D eigenvalue weighted by molar-refractivity contribution is 8.01. The molecule has 2 N–H and O–H groups in total. The highest BCUT2D eigenvalue weighted by Crippen LogP contribution is 2.36. The third kappa shape index (κ3) is 3.59. The quantitative estimate of drug-likeness (QED) is 0.902. The summed E-state index contributed by atoms with van der Waals surface area (Å²) in [4.78, 5) is 25.3. The Bertz CT molecular complexity index is 741. The Morgan fingerprint density at radius 1 is 1.35 bits per heavy atom. The second-order valence-corrected chi connectivity index (χ2v) is 6.78. The number of fused-ring (bicyclic) bond motifs is 1. The van der Waals surface area contributed by atoms with Crippen LogP contribution >= 0.6 is 11.8 Å². The van der Waals surface area contributed by atoms with Crippen LogP contribution in [0.3, 0.4) is 0 Å². The van der Waals surface area contributed by atoms with Crippen molar-refractivity contribution in [1.29, 1.82) is 0 Å². The number of carbonyl (C=O) groups is 2. The monoisotopic (exact) mass is 330 g/mol. The van der Waals surface area contributed by atoms with Gasteiger partial charge in [-0.25, -0.2) is 0 Å². The summed E-state index contributed by atoms with van der Waals surface area (Å²) in [5.74, 6) is 1.21. The first kappa shape index (κ1) is 15.7. The summed E-state index contributed by atoms with van der Waals surface area (Å²) in [6.45, 7) is 3.72. The molecule has 2 atom stereocenters. The van der Waals surface area contributed by atoms with Crippen LogP contribution in [0.25, 0.3) is 0 Å². The molecule has 120 valence electrons. The van der Waals surface area contributed by atoms with Crippen molar-refractivity contribution in [3.63, 3.8) is 0 Å². The molecule has 5 nitrogen and oxygen atoms in total. The van der Waals surface area contributed by atoms with E-state index in [-0.39, 0.29) is 24.3 Å². The van der Waals surface area contributed by atoms with Gasteiger partial charge in [0, 0.05) is 11.3 Å². The van der Waals surface area contributed by atoms with E-state index in [2.05, 4.69) is 10.6 Å². The van der Waals surface area contributed by atoms with Gasteiger partial charge in [-0.15, -0.1) is 11.8 Å². The summed E-state index contributed by atoms with van der Waals surface area (Å²) in [6.07, 6.45) is 0.134. The first-order valence-electron chi connectivity index (χ1n) is 7.45. The van der Waals surface area contributed by atoms with Gasteiger partial charge in [0.25, 0.3) is 0 Å². The fraction of sp³-hybridized carbons (Fsp3) is 0.294. The zero-order valence-electron chi connectivity index (χ0n) is 13.0. The van der Waals surface area contributed by atoms with E-state index in [1.54, 1.807) is 0 Å². The average molecular weight is 330 g/mol. The molecule has 1 aliphatic rings. The van der Waals surface area contributed by atoms with E-state index in [0.717, 1.165) is 16.3 Å². The Kier molecular flexibility index (Phi) is 4.43. The number of hydrogen-bond donors (Lipinski definition) is 2. The summed E-state index contributed by atoms with van der Waals surface area (Å²) in [6, 6.07) is 11.1. The zero-order valence-corrected chi connectivity index (χ0v) is 13.8. The SMILES string of the molecule is Cc1ccc(C(C)NC(=O)CC2Sc3ccccc3NC2=O)o1. The lowest BCUT2D eigenvalue weighted by Crippen LogP contribution is -2.35. The minimum absolute atomic E-state index is 0.134. The average Bonchev–Trinajstić information content (AvgIpc) is 2.94. The smallest absolute Gasteiger partial charge is 0.238 e. The highest BCUT2D eigenvalue weighted by atomic mass is 32.2. The molecule has 2 unspecified atom stereocenters. The first-order chi connectivity index (χ1) is 11.0. The Morgan fingerprint density at radius 2 is 2.13 bits per heavy atom. The minimum atomic E-state index is -0.421. The maximum Gasteiger partial charge on any atom is 0.238 e. The van der Waals surface area contributed by atoms with Gasteiger partial charge in [0.15, 0.2) is 0 Å². The molecule has 6 heteroatoms. The molecule has 1 aliphatic heterocycles. The van der Waals surface area contributed by atoms with E-state index in [1.807, 2.05) is 50.2 Å². The van der Waals surface area contributed by atoms with Gasteiger partial charge < -0.3 is 15.1 Å². The van der Waals surface area contributed by atoms with Crippen molar-refractivity contribution in [2.24, 2.45) is 0 Å². The van der Waals surface area contributed by atoms with Gasteiger partial charge in [0.1, 0.15) is 11.5 Å². The summed E-state index contributed by atoms with van der Waals surface area (Å²) in [5, 5.41) is 5.30. The van der Waals surface area contributed by atoms with E-state index >= 15 is 0 Å². The van der Waals surface area contributed by atoms with E-state index in [4.69, 9.17) is 4.42 Å². The maximum atomic E-state index is 12.2. The Hall–Kier alpha value is -2.21. The predicted octanol–water partition coefficient (Wildman–Crippen LogP) is 3.27. The molecule has 0 saturated heterocycles. The summed E-state index contributed by atoms with van der Waals surface area (Å²) in [5.41, 5.74) is 0.804. The molecule has 23 heavy (non-hydrogen) atoms. The molecule has 1 aromatic carbocycles. The van der Waals surface area contributed by atoms with E-state index in [9.17, 15) is 9.59 Å². The molecule has 2 heterocycles. The fourth-order valence-corrected chi connectivity index (χ4v) is 3.56. The molecule has 2 aromatic rings. The highest BCUT2D eigenvalue weighted by Gasteiger charge is 2.29. The van der Waals surface area contributed by atoms with Crippen molar-refractivity contribution >= 4 is 29.3 Å². The second-order valence-electron chi connectivity index (χ2n) is 5.53. The molecule has 1 aromatic heterocycles. The second kappa shape index (κ2) is 6.50. The van der Waals surface area contributed by atoms with Crippen molar-refractivity contribution < 1.29 is 14.0 Å². The largest absolute Gasteiger partial charge is 0.464 e. The van der Waals surface area contributed by atoms with Gasteiger partial charge in [0.2, 0.25) is 11.8 Å². The number of benzene rings is 1. The lowest BCUT2D eigenvalue weighted by Gasteiger charge is -2.24. The van der Waals surface area contributed by atoms with E-state index in [1.165, 1.54) is 11.8 Å². The molecule has 0 radical (unpaired) electrons. The number of nitrogens with one attached hydrogen (secondary N) is 2. The third-order valence-electron chi connectivity index (χ3n) is 3.64. The number of rotatable bonds is 4. The molecular weight excluding hydrogens is 312 g/mol. The number of para-hydroxylation sites is 1. The summed E-state index contributed by atoms with van der Waals surface area (Å²) < 4.78 is 5.50. The van der Waals surface area contributed by atoms with Crippen LogP contribution in [0.15, 0.2) is 45.7 Å². The molecule has 2 amide bonds. The van der Waals surface area contributed by atoms with E-state index in [0.29, 0.717) is 5.76 Å². The number of carbonyl (C=O) groups excluding carboxylic acids is 2. The minimum Gasteiger partial charge on any atom is -0.464 e. The summed E-state index contributed by atoms with van der Waals surface area (Å²) in [7, 11) is 0. The standard InChI is InChI=1S/C17H18N2O3S/c1-10-7-8-13(22-10)11(2)18-16(20)9-15-17(21)19-12-5-3-4-6-14(12)23-15/h3-8,11,15H,9H2,1-2H3,(H,18,20)(H,19,21). The predicted molar refractivity (Wildman–Crippen MR) is 89.3 cm³/mol. The van der Waals surface area contributed by atoms with Gasteiger partial charge in [-0.05, 0) is 38.1 Å². The van der Waals surface area contributed by atoms with Gasteiger partial charge in [-0.1, -0.05) is 12.1 Å². The van der Waals surface area contributed by atoms with Crippen LogP contribution < -0.4 is 10.6 Å². The topological polar surface area (TPSA) is 71.3 Å². The Labute approximate surface area is 138 Å². The van der Waals surface area contributed by atoms with Crippen molar-refractivity contribution in [3.8, 4) is 0 Å². The van der Waals surface area contributed by atoms with Crippen molar-refractivity contribution in [2.45, 2.75) is 36.5 Å². The molecule has 0 bridgehead atoms. The molecular formula is C17H18N2O3S. The van der Waals surface area contributed by atoms with Gasteiger partial charge in [-0.3, -0.25) is 9.59 Å². The lowest BCUT2D eigenvalue weighted by molar-refractivity contribution is -0.124. The van der Waals surface area contributed by atoms with Gasteiger partial charge in [-0.2, -0.15) is 0 Å². The molecule has 0 spiro atoms. The number of furan rings is 1. The van der Waals surface area contributed by atoms with Crippen LogP contribution in [-0.2, 0) is 9.59 Å². The molecule has 3 rings (SSSR count). The van der Waals surface area contributed by atoms with Crippen molar-refractivity contribution in [1.82, 2.24) is 5.32 Å². The number of anilines is 1. The van der Waals surface area contributed by atoms with Crippen molar-refractivity contribution in [3.05, 3.63) is 47.9 Å². The number of hydrogen-bond acceptors (Lipinski definition) is 4. The summed E-state index contributed by atoms with van der Waals surface area (Å²) >= 11 is 1.42. The zero-order chi connectivity index (χ0) is 16.4. The molecule has 0 saturated carbocycles. The maximum absolute atomic E-state index is 12.2. The fourth-order valence-electron chi connectivity index (χ4n) is 2.45. The van der Waals surface area contributed by atoms with Crippen LogP contribution in [0, 0.1) is 6.92 Å². The first-order valence-corrected chi connectivity index (χ1v) is 8.33. The lowest BCUT2D eigenvalue weighted by atomic mass is 10.2. The Balaban J connectivity index is 1.61. The van der Waals surface area contributed by atoms with Crippen LogP contribution in [0.5, 0.6) is 0 Å². The van der Waals surface area contributed by atoms with Crippen molar-refractivity contribution in [2.75, 3.05) is 5.32 Å². The van der Waals surface area contributed by atoms with Gasteiger partial charge in [0.05, 0.1) is 17.0 Å². The van der Waals surface area contributed by atoms with E-state index < -0.39 is 5.25 Å². The van der Waals surface area contributed by atoms with Crippen LogP contribution in [0.2, 0.25) is 0 Å². The number of aryl methyl sites for hydroxylation is 1. The number of amides is 2. The normalized spacial score (nSPS) is 18.0. The molecule has 0 fully saturated rings. The molecule has 0 aliphatic carbocycles. The Morgan fingerprint density at radius 3 is 2.87 bits per heavy atom. The van der Waals surface area contributed by atoms with Crippen LogP contribution in [-0.4, -0.2) is 17.1 Å². The van der Waals surface area contributed by atoms with Gasteiger partial charge >= 0.3 is 0 Å². The van der Waals surface area contributed by atoms with Crippen LogP contribution in [0.4, 0.5) is 5.69 Å².